The molecule has 1 aromatic heterocycles. The number of para-hydroxylation sites is 3. The molecule has 134 valence electrons. The predicted octanol–water partition coefficient (Wildman–Crippen LogP) is 3.67. The van der Waals surface area contributed by atoms with Crippen LogP contribution >= 0.6 is 11.8 Å². The molecule has 0 bridgehead atoms. The van der Waals surface area contributed by atoms with Crippen molar-refractivity contribution in [2.24, 2.45) is 7.05 Å². The summed E-state index contributed by atoms with van der Waals surface area (Å²) in [6.07, 6.45) is 0. The number of hydrogen-bond donors (Lipinski definition) is 1. The number of rotatable bonds is 6. The van der Waals surface area contributed by atoms with Crippen LogP contribution < -0.4 is 15.6 Å². The molecule has 5 nitrogen and oxygen atoms in total. The van der Waals surface area contributed by atoms with Crippen molar-refractivity contribution in [2.75, 3.05) is 17.7 Å². The second-order valence-corrected chi connectivity index (χ2v) is 6.71. The van der Waals surface area contributed by atoms with Crippen LogP contribution in [0.3, 0.4) is 0 Å². The lowest BCUT2D eigenvalue weighted by Gasteiger charge is -2.12. The minimum Gasteiger partial charge on any atom is -0.492 e. The van der Waals surface area contributed by atoms with Gasteiger partial charge in [0.25, 0.3) is 5.56 Å². The maximum Gasteiger partial charge on any atom is 0.251 e. The van der Waals surface area contributed by atoms with Gasteiger partial charge in [0.1, 0.15) is 5.75 Å². The standard InChI is InChI=1S/C20H20N2O3S/c1-3-25-17-11-7-5-9-15(17)21-19(23)13-26-18-12-20(24)22(2)16-10-6-4-8-14(16)18/h4-12H,3,13H2,1-2H3,(H,21,23). The van der Waals surface area contributed by atoms with Crippen molar-refractivity contribution in [2.45, 2.75) is 11.8 Å². The van der Waals surface area contributed by atoms with Gasteiger partial charge in [-0.15, -0.1) is 11.8 Å². The van der Waals surface area contributed by atoms with Gasteiger partial charge in [-0.25, -0.2) is 0 Å². The molecule has 3 rings (SSSR count). The number of benzene rings is 2. The first kappa shape index (κ1) is 18.1. The molecule has 26 heavy (non-hydrogen) atoms. The van der Waals surface area contributed by atoms with Gasteiger partial charge in [0.05, 0.1) is 23.6 Å². The summed E-state index contributed by atoms with van der Waals surface area (Å²) in [6.45, 7) is 2.43. The molecule has 3 aromatic rings. The number of ether oxygens (including phenoxy) is 1. The molecule has 0 aliphatic heterocycles. The highest BCUT2D eigenvalue weighted by atomic mass is 32.2. The molecule has 6 heteroatoms. The molecule has 0 saturated carbocycles. The minimum atomic E-state index is -0.146. The van der Waals surface area contributed by atoms with E-state index in [9.17, 15) is 9.59 Å². The lowest BCUT2D eigenvalue weighted by atomic mass is 10.2. The SMILES string of the molecule is CCOc1ccccc1NC(=O)CSc1cc(=O)n(C)c2ccccc12. The molecular formula is C20H20N2O3S. The molecule has 0 unspecified atom stereocenters. The van der Waals surface area contributed by atoms with E-state index in [-0.39, 0.29) is 17.2 Å². The first-order valence-corrected chi connectivity index (χ1v) is 9.32. The van der Waals surface area contributed by atoms with Crippen molar-refractivity contribution < 1.29 is 9.53 Å². The monoisotopic (exact) mass is 368 g/mol. The molecule has 0 saturated heterocycles. The van der Waals surface area contributed by atoms with Crippen molar-refractivity contribution in [3.05, 3.63) is 65.0 Å². The van der Waals surface area contributed by atoms with Gasteiger partial charge in [-0.05, 0) is 25.1 Å². The molecule has 1 N–H and O–H groups in total. The second-order valence-electron chi connectivity index (χ2n) is 5.69. The summed E-state index contributed by atoms with van der Waals surface area (Å²) < 4.78 is 7.13. The van der Waals surface area contributed by atoms with E-state index in [2.05, 4.69) is 5.32 Å². The molecule has 0 atom stereocenters. The Balaban J connectivity index is 1.76. The van der Waals surface area contributed by atoms with Crippen LogP contribution in [0.15, 0.2) is 64.3 Å². The minimum absolute atomic E-state index is 0.0895. The normalized spacial score (nSPS) is 10.7. The van der Waals surface area contributed by atoms with Crippen molar-refractivity contribution in [1.82, 2.24) is 4.57 Å². The third-order valence-electron chi connectivity index (χ3n) is 3.94. The molecule has 2 aromatic carbocycles. The summed E-state index contributed by atoms with van der Waals surface area (Å²) in [5.74, 6) is 0.705. The van der Waals surface area contributed by atoms with Crippen LogP contribution in [-0.2, 0) is 11.8 Å². The fourth-order valence-electron chi connectivity index (χ4n) is 2.68. The number of hydrogen-bond acceptors (Lipinski definition) is 4. The van der Waals surface area contributed by atoms with Gasteiger partial charge in [-0.3, -0.25) is 9.59 Å². The van der Waals surface area contributed by atoms with Gasteiger partial charge in [0.2, 0.25) is 5.91 Å². The average molecular weight is 368 g/mol. The van der Waals surface area contributed by atoms with E-state index in [1.807, 2.05) is 49.4 Å². The van der Waals surface area contributed by atoms with E-state index in [0.717, 1.165) is 15.8 Å². The topological polar surface area (TPSA) is 60.3 Å². The molecule has 0 radical (unpaired) electrons. The van der Waals surface area contributed by atoms with E-state index in [1.54, 1.807) is 23.7 Å². The molecule has 1 heterocycles. The van der Waals surface area contributed by atoms with Gasteiger partial charge in [-0.1, -0.05) is 30.3 Å². The summed E-state index contributed by atoms with van der Waals surface area (Å²) in [5.41, 5.74) is 1.41. The van der Waals surface area contributed by atoms with Gasteiger partial charge in [0.15, 0.2) is 0 Å². The zero-order valence-electron chi connectivity index (χ0n) is 14.7. The number of anilines is 1. The summed E-state index contributed by atoms with van der Waals surface area (Å²) in [5, 5.41) is 3.83. The van der Waals surface area contributed by atoms with Crippen molar-refractivity contribution in [1.29, 1.82) is 0 Å². The van der Waals surface area contributed by atoms with Crippen LogP contribution in [0.1, 0.15) is 6.92 Å². The third kappa shape index (κ3) is 3.91. The number of amides is 1. The van der Waals surface area contributed by atoms with E-state index < -0.39 is 0 Å². The fraction of sp³-hybridized carbons (Fsp3) is 0.200. The largest absolute Gasteiger partial charge is 0.492 e. The molecular weight excluding hydrogens is 348 g/mol. The average Bonchev–Trinajstić information content (AvgIpc) is 2.65. The lowest BCUT2D eigenvalue weighted by Crippen LogP contribution is -2.17. The highest BCUT2D eigenvalue weighted by Crippen LogP contribution is 2.27. The zero-order chi connectivity index (χ0) is 18.5. The highest BCUT2D eigenvalue weighted by molar-refractivity contribution is 8.00. The van der Waals surface area contributed by atoms with E-state index in [0.29, 0.717) is 18.0 Å². The Labute approximate surface area is 156 Å². The smallest absolute Gasteiger partial charge is 0.251 e. The predicted molar refractivity (Wildman–Crippen MR) is 106 cm³/mol. The molecule has 0 aliphatic carbocycles. The zero-order valence-corrected chi connectivity index (χ0v) is 15.5. The van der Waals surface area contributed by atoms with Crippen LogP contribution in [0.25, 0.3) is 10.9 Å². The number of pyridine rings is 1. The number of carbonyl (C=O) groups is 1. The number of aromatic nitrogens is 1. The summed E-state index contributed by atoms with van der Waals surface area (Å²) in [7, 11) is 1.75. The quantitative estimate of drug-likeness (QED) is 0.675. The van der Waals surface area contributed by atoms with Gasteiger partial charge < -0.3 is 14.6 Å². The first-order valence-electron chi connectivity index (χ1n) is 8.33. The Morgan fingerprint density at radius 3 is 2.69 bits per heavy atom. The number of aryl methyl sites for hydroxylation is 1. The van der Waals surface area contributed by atoms with Crippen LogP contribution in [0.4, 0.5) is 5.69 Å². The summed E-state index contributed by atoms with van der Waals surface area (Å²) in [4.78, 5) is 25.3. The number of nitrogens with zero attached hydrogens (tertiary/aromatic N) is 1. The maximum atomic E-state index is 12.4. The van der Waals surface area contributed by atoms with Crippen LogP contribution in [0.2, 0.25) is 0 Å². The van der Waals surface area contributed by atoms with Gasteiger partial charge in [0, 0.05) is 23.4 Å². The molecule has 0 aliphatic rings. The Morgan fingerprint density at radius 1 is 1.15 bits per heavy atom. The van der Waals surface area contributed by atoms with Crippen LogP contribution in [0.5, 0.6) is 5.75 Å². The molecule has 0 fully saturated rings. The van der Waals surface area contributed by atoms with Crippen molar-refractivity contribution >= 4 is 34.3 Å². The van der Waals surface area contributed by atoms with E-state index in [1.165, 1.54) is 11.8 Å². The Hall–Kier alpha value is -2.73. The number of thioether (sulfide) groups is 1. The van der Waals surface area contributed by atoms with Crippen molar-refractivity contribution in [3.63, 3.8) is 0 Å². The highest BCUT2D eigenvalue weighted by Gasteiger charge is 2.11. The Kier molecular flexibility index (Phi) is 5.63. The Morgan fingerprint density at radius 2 is 1.88 bits per heavy atom. The molecule has 0 spiro atoms. The van der Waals surface area contributed by atoms with E-state index in [4.69, 9.17) is 4.74 Å². The van der Waals surface area contributed by atoms with E-state index >= 15 is 0 Å². The van der Waals surface area contributed by atoms with Gasteiger partial charge in [-0.2, -0.15) is 0 Å². The Bertz CT molecular complexity index is 998. The van der Waals surface area contributed by atoms with Gasteiger partial charge >= 0.3 is 0 Å². The summed E-state index contributed by atoms with van der Waals surface area (Å²) >= 11 is 1.35. The maximum absolute atomic E-state index is 12.4. The summed E-state index contributed by atoms with van der Waals surface area (Å²) in [6, 6.07) is 16.6. The second kappa shape index (κ2) is 8.10. The number of carbonyl (C=O) groups excluding carboxylic acids is 1. The first-order chi connectivity index (χ1) is 12.6. The number of nitrogens with one attached hydrogen (secondary N) is 1. The molecule has 1 amide bonds. The van der Waals surface area contributed by atoms with Crippen LogP contribution in [-0.4, -0.2) is 22.8 Å². The number of fused-ring (bicyclic) bond motifs is 1. The lowest BCUT2D eigenvalue weighted by molar-refractivity contribution is -0.113. The third-order valence-corrected chi connectivity index (χ3v) is 4.99. The van der Waals surface area contributed by atoms with Crippen LogP contribution in [0, 0.1) is 0 Å². The van der Waals surface area contributed by atoms with Crippen molar-refractivity contribution in [3.8, 4) is 5.75 Å². The fourth-order valence-corrected chi connectivity index (χ4v) is 3.55.